The van der Waals surface area contributed by atoms with Gasteiger partial charge in [0.2, 0.25) is 0 Å². The molecule has 0 unspecified atom stereocenters. The van der Waals surface area contributed by atoms with Gasteiger partial charge in [-0.15, -0.1) is 0 Å². The number of rotatable bonds is 2. The maximum Gasteiger partial charge on any atom is 0.163 e. The van der Waals surface area contributed by atoms with E-state index in [1.165, 1.54) is 0 Å². The summed E-state index contributed by atoms with van der Waals surface area (Å²) in [7, 11) is 0. The van der Waals surface area contributed by atoms with E-state index in [-0.39, 0.29) is 5.54 Å². The molecule has 110 valence electrons. The predicted octanol–water partition coefficient (Wildman–Crippen LogP) is 3.41. The molecule has 0 spiro atoms. The zero-order valence-corrected chi connectivity index (χ0v) is 13.0. The number of anilines is 1. The van der Waals surface area contributed by atoms with E-state index in [2.05, 4.69) is 23.7 Å². The third kappa shape index (κ3) is 3.01. The van der Waals surface area contributed by atoms with E-state index in [0.29, 0.717) is 24.2 Å². The van der Waals surface area contributed by atoms with Crippen molar-refractivity contribution in [3.8, 4) is 11.4 Å². The summed E-state index contributed by atoms with van der Waals surface area (Å²) in [6.07, 6.45) is 0. The summed E-state index contributed by atoms with van der Waals surface area (Å²) in [5.74, 6) is 1.50. The number of aromatic nitrogens is 2. The molecule has 21 heavy (non-hydrogen) atoms. The lowest BCUT2D eigenvalue weighted by molar-refractivity contribution is 0.0639. The normalized spacial score (nSPS) is 17.8. The first-order valence-electron chi connectivity index (χ1n) is 7.02. The van der Waals surface area contributed by atoms with Crippen LogP contribution < -0.4 is 4.90 Å². The van der Waals surface area contributed by atoms with E-state index in [1.807, 2.05) is 36.4 Å². The second-order valence-electron chi connectivity index (χ2n) is 5.76. The first kappa shape index (κ1) is 14.3. The Hall–Kier alpha value is -1.65. The zero-order chi connectivity index (χ0) is 14.9. The minimum Gasteiger partial charge on any atom is -0.377 e. The molecule has 0 aliphatic carbocycles. The molecule has 4 nitrogen and oxygen atoms in total. The average Bonchev–Trinajstić information content (AvgIpc) is 2.47. The van der Waals surface area contributed by atoms with Crippen molar-refractivity contribution in [2.24, 2.45) is 0 Å². The molecular formula is C16H18ClN3O. The van der Waals surface area contributed by atoms with Gasteiger partial charge in [-0.2, -0.15) is 0 Å². The van der Waals surface area contributed by atoms with Gasteiger partial charge in [-0.25, -0.2) is 9.97 Å². The van der Waals surface area contributed by atoms with Crippen molar-refractivity contribution in [1.82, 2.24) is 9.97 Å². The van der Waals surface area contributed by atoms with Crippen LogP contribution in [-0.2, 0) is 4.74 Å². The zero-order valence-electron chi connectivity index (χ0n) is 12.2. The number of benzene rings is 1. The van der Waals surface area contributed by atoms with Crippen LogP contribution in [0.1, 0.15) is 13.8 Å². The van der Waals surface area contributed by atoms with Gasteiger partial charge in [0.25, 0.3) is 0 Å². The second kappa shape index (κ2) is 5.62. The van der Waals surface area contributed by atoms with Gasteiger partial charge >= 0.3 is 0 Å². The van der Waals surface area contributed by atoms with E-state index in [1.54, 1.807) is 0 Å². The molecule has 0 N–H and O–H groups in total. The van der Waals surface area contributed by atoms with E-state index in [0.717, 1.165) is 17.9 Å². The summed E-state index contributed by atoms with van der Waals surface area (Å²) in [6.45, 7) is 6.46. The summed E-state index contributed by atoms with van der Waals surface area (Å²) in [4.78, 5) is 11.3. The van der Waals surface area contributed by atoms with Gasteiger partial charge in [-0.05, 0) is 13.8 Å². The van der Waals surface area contributed by atoms with Crippen molar-refractivity contribution in [1.29, 1.82) is 0 Å². The van der Waals surface area contributed by atoms with Gasteiger partial charge in [0.05, 0.1) is 18.8 Å². The number of nitrogens with zero attached hydrogens (tertiary/aromatic N) is 3. The lowest BCUT2D eigenvalue weighted by atomic mass is 10.0. The summed E-state index contributed by atoms with van der Waals surface area (Å²) >= 11 is 6.20. The van der Waals surface area contributed by atoms with Crippen molar-refractivity contribution < 1.29 is 4.74 Å². The Bertz CT molecular complexity index is 631. The second-order valence-corrected chi connectivity index (χ2v) is 6.14. The van der Waals surface area contributed by atoms with Gasteiger partial charge in [0, 0.05) is 18.2 Å². The van der Waals surface area contributed by atoms with E-state index >= 15 is 0 Å². The van der Waals surface area contributed by atoms with Crippen LogP contribution in [0.5, 0.6) is 0 Å². The Balaban J connectivity index is 2.02. The minimum atomic E-state index is -0.107. The van der Waals surface area contributed by atoms with Crippen molar-refractivity contribution in [2.75, 3.05) is 24.7 Å². The number of morpholine rings is 1. The van der Waals surface area contributed by atoms with Gasteiger partial charge in [0.15, 0.2) is 5.82 Å². The van der Waals surface area contributed by atoms with Crippen molar-refractivity contribution >= 4 is 17.4 Å². The van der Waals surface area contributed by atoms with Crippen LogP contribution in [0.15, 0.2) is 36.4 Å². The Morgan fingerprint density at radius 3 is 2.67 bits per heavy atom. The van der Waals surface area contributed by atoms with E-state index in [4.69, 9.17) is 21.3 Å². The monoisotopic (exact) mass is 303 g/mol. The van der Waals surface area contributed by atoms with Crippen molar-refractivity contribution in [3.63, 3.8) is 0 Å². The molecule has 1 aromatic heterocycles. The molecule has 1 saturated heterocycles. The Labute approximate surface area is 129 Å². The maximum atomic E-state index is 6.20. The smallest absolute Gasteiger partial charge is 0.163 e. The Kier molecular flexibility index (Phi) is 3.83. The highest BCUT2D eigenvalue weighted by molar-refractivity contribution is 6.29. The Morgan fingerprint density at radius 1 is 1.19 bits per heavy atom. The standard InChI is InChI=1S/C16H18ClN3O/c1-16(2)11-21-9-8-20(16)14-10-13(17)18-15(19-14)12-6-4-3-5-7-12/h3-7,10H,8-9,11H2,1-2H3. The fourth-order valence-corrected chi connectivity index (χ4v) is 2.72. The quantitative estimate of drug-likeness (QED) is 0.797. The van der Waals surface area contributed by atoms with Crippen LogP contribution in [0.2, 0.25) is 5.15 Å². The number of hydrogen-bond acceptors (Lipinski definition) is 4. The molecule has 0 bridgehead atoms. The molecule has 1 fully saturated rings. The summed E-state index contributed by atoms with van der Waals surface area (Å²) < 4.78 is 5.56. The average molecular weight is 304 g/mol. The highest BCUT2D eigenvalue weighted by Crippen LogP contribution is 2.28. The molecule has 0 radical (unpaired) electrons. The molecule has 0 saturated carbocycles. The summed E-state index contributed by atoms with van der Waals surface area (Å²) in [5, 5.41) is 0.459. The topological polar surface area (TPSA) is 38.2 Å². The van der Waals surface area contributed by atoms with Crippen LogP contribution in [-0.4, -0.2) is 35.3 Å². The third-order valence-electron chi connectivity index (χ3n) is 3.64. The molecule has 5 heteroatoms. The fraction of sp³-hybridized carbons (Fsp3) is 0.375. The van der Waals surface area contributed by atoms with Crippen LogP contribution in [0, 0.1) is 0 Å². The van der Waals surface area contributed by atoms with Gasteiger partial charge in [0.1, 0.15) is 11.0 Å². The molecule has 0 atom stereocenters. The maximum absolute atomic E-state index is 6.20. The number of halogens is 1. The van der Waals surface area contributed by atoms with Crippen LogP contribution in [0.3, 0.4) is 0 Å². The fourth-order valence-electron chi connectivity index (χ4n) is 2.54. The first-order valence-corrected chi connectivity index (χ1v) is 7.39. The van der Waals surface area contributed by atoms with Crippen LogP contribution >= 0.6 is 11.6 Å². The van der Waals surface area contributed by atoms with E-state index in [9.17, 15) is 0 Å². The molecule has 1 aliphatic heterocycles. The predicted molar refractivity (Wildman–Crippen MR) is 84.7 cm³/mol. The number of hydrogen-bond donors (Lipinski definition) is 0. The van der Waals surface area contributed by atoms with Crippen molar-refractivity contribution in [2.45, 2.75) is 19.4 Å². The SMILES string of the molecule is CC1(C)COCCN1c1cc(Cl)nc(-c2ccccc2)n1. The molecule has 2 heterocycles. The summed E-state index contributed by atoms with van der Waals surface area (Å²) in [6, 6.07) is 11.7. The lowest BCUT2D eigenvalue weighted by Gasteiger charge is -2.43. The Morgan fingerprint density at radius 2 is 1.95 bits per heavy atom. The first-order chi connectivity index (χ1) is 10.1. The highest BCUT2D eigenvalue weighted by Gasteiger charge is 2.32. The molecule has 3 rings (SSSR count). The number of ether oxygens (including phenoxy) is 1. The largest absolute Gasteiger partial charge is 0.377 e. The van der Waals surface area contributed by atoms with Crippen molar-refractivity contribution in [3.05, 3.63) is 41.6 Å². The molecule has 1 aromatic carbocycles. The summed E-state index contributed by atoms with van der Waals surface area (Å²) in [5.41, 5.74) is 0.858. The molecule has 0 amide bonds. The van der Waals surface area contributed by atoms with Gasteiger partial charge in [-0.3, -0.25) is 0 Å². The lowest BCUT2D eigenvalue weighted by Crippen LogP contribution is -2.53. The molecular weight excluding hydrogens is 286 g/mol. The van der Waals surface area contributed by atoms with Gasteiger partial charge in [-0.1, -0.05) is 41.9 Å². The third-order valence-corrected chi connectivity index (χ3v) is 3.83. The van der Waals surface area contributed by atoms with Gasteiger partial charge < -0.3 is 9.64 Å². The highest BCUT2D eigenvalue weighted by atomic mass is 35.5. The molecule has 2 aromatic rings. The minimum absolute atomic E-state index is 0.107. The van der Waals surface area contributed by atoms with Crippen LogP contribution in [0.4, 0.5) is 5.82 Å². The molecule has 1 aliphatic rings. The van der Waals surface area contributed by atoms with Crippen LogP contribution in [0.25, 0.3) is 11.4 Å². The van der Waals surface area contributed by atoms with E-state index < -0.39 is 0 Å².